The summed E-state index contributed by atoms with van der Waals surface area (Å²) >= 11 is 6.31. The van der Waals surface area contributed by atoms with Gasteiger partial charge in [0, 0.05) is 37.6 Å². The van der Waals surface area contributed by atoms with Gasteiger partial charge in [-0.2, -0.15) is 0 Å². The molecular formula is C18H22ClN5O4. The molecule has 0 saturated carbocycles. The highest BCUT2D eigenvalue weighted by molar-refractivity contribution is 6.33. The molecule has 150 valence electrons. The maximum absolute atomic E-state index is 10.9. The Kier molecular flexibility index (Phi) is 6.05. The molecule has 1 amide bonds. The van der Waals surface area contributed by atoms with Gasteiger partial charge in [-0.3, -0.25) is 0 Å². The number of carbonyl (C=O) groups is 1. The quantitative estimate of drug-likeness (QED) is 0.441. The van der Waals surface area contributed by atoms with Gasteiger partial charge in [-0.1, -0.05) is 18.5 Å². The third kappa shape index (κ3) is 4.37. The van der Waals surface area contributed by atoms with E-state index in [0.717, 1.165) is 25.2 Å². The standard InChI is InChI=1S/C18H22ClN5O4/c1-11-10-23(14-7-17(27-2)22-9-13(14)19)6-5-15(11)28-16-4-3-12(8-21-16)24(20)18(25)26/h3-4,7-9,11,15H,5-6,10,20H2,1-2H3,(H,25,26). The number of pyridine rings is 2. The number of methoxy groups -OCH3 is 1. The van der Waals surface area contributed by atoms with Crippen LogP contribution in [0.15, 0.2) is 30.6 Å². The van der Waals surface area contributed by atoms with Crippen molar-refractivity contribution in [2.75, 3.05) is 30.1 Å². The zero-order valence-corrected chi connectivity index (χ0v) is 16.3. The number of nitrogens with two attached hydrogens (primary N) is 1. The number of rotatable bonds is 5. The Labute approximate surface area is 167 Å². The monoisotopic (exact) mass is 407 g/mol. The normalized spacial score (nSPS) is 19.2. The van der Waals surface area contributed by atoms with Crippen molar-refractivity contribution in [3.8, 4) is 11.8 Å². The van der Waals surface area contributed by atoms with Crippen LogP contribution in [0.5, 0.6) is 11.8 Å². The topological polar surface area (TPSA) is 114 Å². The fourth-order valence-electron chi connectivity index (χ4n) is 3.13. The zero-order chi connectivity index (χ0) is 20.3. The van der Waals surface area contributed by atoms with E-state index in [1.807, 2.05) is 6.07 Å². The molecule has 0 radical (unpaired) electrons. The van der Waals surface area contributed by atoms with Crippen molar-refractivity contribution in [1.29, 1.82) is 0 Å². The molecule has 2 aromatic heterocycles. The highest BCUT2D eigenvalue weighted by atomic mass is 35.5. The fraction of sp³-hybridized carbons (Fsp3) is 0.389. The molecule has 0 spiro atoms. The Morgan fingerprint density at radius 1 is 1.36 bits per heavy atom. The molecule has 9 nitrogen and oxygen atoms in total. The summed E-state index contributed by atoms with van der Waals surface area (Å²) in [5, 5.41) is 10.1. The van der Waals surface area contributed by atoms with Gasteiger partial charge in [0.2, 0.25) is 11.8 Å². The van der Waals surface area contributed by atoms with Gasteiger partial charge in [0.1, 0.15) is 6.10 Å². The van der Waals surface area contributed by atoms with Crippen LogP contribution in [0.1, 0.15) is 13.3 Å². The number of ether oxygens (including phenoxy) is 2. The number of hydrogen-bond acceptors (Lipinski definition) is 7. The van der Waals surface area contributed by atoms with E-state index >= 15 is 0 Å². The molecule has 3 heterocycles. The minimum Gasteiger partial charge on any atom is -0.481 e. The molecule has 2 aromatic rings. The van der Waals surface area contributed by atoms with E-state index in [9.17, 15) is 4.79 Å². The Balaban J connectivity index is 1.64. The van der Waals surface area contributed by atoms with Crippen LogP contribution in [-0.4, -0.2) is 47.5 Å². The second-order valence-electron chi connectivity index (χ2n) is 6.55. The third-order valence-electron chi connectivity index (χ3n) is 4.66. The number of piperidine rings is 1. The van der Waals surface area contributed by atoms with Crippen LogP contribution in [0, 0.1) is 5.92 Å². The summed E-state index contributed by atoms with van der Waals surface area (Å²) in [5.74, 6) is 6.58. The van der Waals surface area contributed by atoms with Crippen molar-refractivity contribution in [3.05, 3.63) is 35.6 Å². The van der Waals surface area contributed by atoms with Crippen molar-refractivity contribution in [3.63, 3.8) is 0 Å². The van der Waals surface area contributed by atoms with Gasteiger partial charge in [-0.25, -0.2) is 25.6 Å². The van der Waals surface area contributed by atoms with Gasteiger partial charge in [0.25, 0.3) is 0 Å². The van der Waals surface area contributed by atoms with E-state index in [2.05, 4.69) is 21.8 Å². The molecule has 0 aromatic carbocycles. The molecule has 2 atom stereocenters. The summed E-state index contributed by atoms with van der Waals surface area (Å²) in [4.78, 5) is 21.3. The van der Waals surface area contributed by atoms with Crippen molar-refractivity contribution < 1.29 is 19.4 Å². The van der Waals surface area contributed by atoms with Gasteiger partial charge in [-0.15, -0.1) is 0 Å². The third-order valence-corrected chi connectivity index (χ3v) is 4.95. The molecule has 0 aliphatic carbocycles. The predicted octanol–water partition coefficient (Wildman–Crippen LogP) is 2.79. The van der Waals surface area contributed by atoms with Crippen molar-refractivity contribution in [1.82, 2.24) is 9.97 Å². The number of anilines is 2. The maximum atomic E-state index is 10.9. The summed E-state index contributed by atoms with van der Waals surface area (Å²) < 4.78 is 11.2. The molecule has 1 saturated heterocycles. The van der Waals surface area contributed by atoms with Crippen molar-refractivity contribution >= 4 is 29.1 Å². The van der Waals surface area contributed by atoms with Crippen LogP contribution in [0.25, 0.3) is 0 Å². The Morgan fingerprint density at radius 3 is 2.71 bits per heavy atom. The average molecular weight is 408 g/mol. The van der Waals surface area contributed by atoms with Crippen LogP contribution in [0.4, 0.5) is 16.2 Å². The van der Waals surface area contributed by atoms with Crippen LogP contribution < -0.4 is 25.2 Å². The summed E-state index contributed by atoms with van der Waals surface area (Å²) in [6.45, 7) is 3.62. The lowest BCUT2D eigenvalue weighted by Gasteiger charge is -2.38. The van der Waals surface area contributed by atoms with Gasteiger partial charge in [0.05, 0.1) is 35.9 Å². The zero-order valence-electron chi connectivity index (χ0n) is 15.6. The molecule has 0 bridgehead atoms. The molecule has 1 fully saturated rings. The summed E-state index contributed by atoms with van der Waals surface area (Å²) in [7, 11) is 1.57. The molecule has 1 aliphatic heterocycles. The van der Waals surface area contributed by atoms with Crippen LogP contribution >= 0.6 is 11.6 Å². The number of aromatic nitrogens is 2. The summed E-state index contributed by atoms with van der Waals surface area (Å²) in [6, 6.07) is 5.00. The first-order chi connectivity index (χ1) is 13.4. The van der Waals surface area contributed by atoms with E-state index in [0.29, 0.717) is 21.8 Å². The SMILES string of the molecule is COc1cc(N2CCC(Oc3ccc(N(N)C(=O)O)cn3)C(C)C2)c(Cl)cn1. The van der Waals surface area contributed by atoms with E-state index in [-0.39, 0.29) is 17.7 Å². The lowest BCUT2D eigenvalue weighted by atomic mass is 9.96. The van der Waals surface area contributed by atoms with Crippen LogP contribution in [-0.2, 0) is 0 Å². The maximum Gasteiger partial charge on any atom is 0.426 e. The Morgan fingerprint density at radius 2 is 2.11 bits per heavy atom. The molecule has 28 heavy (non-hydrogen) atoms. The fourth-order valence-corrected chi connectivity index (χ4v) is 3.35. The van der Waals surface area contributed by atoms with Crippen molar-refractivity contribution in [2.24, 2.45) is 11.8 Å². The summed E-state index contributed by atoms with van der Waals surface area (Å²) in [6.07, 6.45) is 2.45. The van der Waals surface area contributed by atoms with Crippen LogP contribution in [0.2, 0.25) is 5.02 Å². The number of halogens is 1. The first kappa shape index (κ1) is 20.0. The van der Waals surface area contributed by atoms with Gasteiger partial charge in [-0.05, 0) is 6.07 Å². The minimum absolute atomic E-state index is 0.0226. The number of carboxylic acid groups (broad SMARTS) is 1. The second kappa shape index (κ2) is 8.49. The Hall–Kier alpha value is -2.78. The number of hydrogen-bond donors (Lipinski definition) is 2. The smallest absolute Gasteiger partial charge is 0.426 e. The van der Waals surface area contributed by atoms with E-state index in [1.165, 1.54) is 6.20 Å². The van der Waals surface area contributed by atoms with Crippen molar-refractivity contribution in [2.45, 2.75) is 19.4 Å². The molecule has 10 heteroatoms. The Bertz CT molecular complexity index is 835. The molecule has 2 unspecified atom stereocenters. The highest BCUT2D eigenvalue weighted by Gasteiger charge is 2.29. The van der Waals surface area contributed by atoms with Crippen LogP contribution in [0.3, 0.4) is 0 Å². The first-order valence-electron chi connectivity index (χ1n) is 8.74. The number of nitrogens with zero attached hydrogens (tertiary/aromatic N) is 4. The first-order valence-corrected chi connectivity index (χ1v) is 9.11. The van der Waals surface area contributed by atoms with E-state index < -0.39 is 6.09 Å². The summed E-state index contributed by atoms with van der Waals surface area (Å²) in [5.41, 5.74) is 1.15. The lowest BCUT2D eigenvalue weighted by Crippen LogP contribution is -2.44. The lowest BCUT2D eigenvalue weighted by molar-refractivity contribution is 0.116. The van der Waals surface area contributed by atoms with Gasteiger partial charge >= 0.3 is 6.09 Å². The average Bonchev–Trinajstić information content (AvgIpc) is 2.70. The van der Waals surface area contributed by atoms with Gasteiger partial charge < -0.3 is 19.5 Å². The van der Waals surface area contributed by atoms with Gasteiger partial charge in [0.15, 0.2) is 0 Å². The molecule has 3 rings (SSSR count). The minimum atomic E-state index is -1.26. The molecular weight excluding hydrogens is 386 g/mol. The molecule has 1 aliphatic rings. The largest absolute Gasteiger partial charge is 0.481 e. The second-order valence-corrected chi connectivity index (χ2v) is 6.96. The predicted molar refractivity (Wildman–Crippen MR) is 105 cm³/mol. The van der Waals surface area contributed by atoms with E-state index in [1.54, 1.807) is 25.4 Å². The molecule has 3 N–H and O–H groups in total. The van der Waals surface area contributed by atoms with E-state index in [4.69, 9.17) is 32.0 Å². The number of hydrazine groups is 1. The highest BCUT2D eigenvalue weighted by Crippen LogP contribution is 2.32. The number of amides is 1.